The third kappa shape index (κ3) is 3.66. The van der Waals surface area contributed by atoms with Gasteiger partial charge >= 0.3 is 0 Å². The highest BCUT2D eigenvalue weighted by atomic mass is 35.5. The first-order valence-electron chi connectivity index (χ1n) is 6.03. The second-order valence-corrected chi connectivity index (χ2v) is 5.14. The van der Waals surface area contributed by atoms with Gasteiger partial charge in [0.2, 0.25) is 5.91 Å². The summed E-state index contributed by atoms with van der Waals surface area (Å²) >= 11 is 12.1. The molecule has 2 aromatic rings. The van der Waals surface area contributed by atoms with Crippen molar-refractivity contribution in [2.45, 2.75) is 6.54 Å². The van der Waals surface area contributed by atoms with E-state index in [0.717, 1.165) is 11.3 Å². The maximum atomic E-state index is 11.0. The minimum Gasteiger partial charge on any atom is -0.381 e. The molecular formula is C15H11Cl2N3O. The number of benzene rings is 2. The first kappa shape index (κ1) is 15.2. The Morgan fingerprint density at radius 2 is 1.95 bits per heavy atom. The molecule has 4 nitrogen and oxygen atoms in total. The molecule has 0 heterocycles. The van der Waals surface area contributed by atoms with E-state index in [1.54, 1.807) is 30.3 Å². The molecule has 0 spiro atoms. The molecule has 0 saturated carbocycles. The van der Waals surface area contributed by atoms with Crippen molar-refractivity contribution < 1.29 is 4.79 Å². The van der Waals surface area contributed by atoms with Crippen molar-refractivity contribution >= 4 is 34.8 Å². The lowest BCUT2D eigenvalue weighted by Crippen LogP contribution is -2.11. The van der Waals surface area contributed by atoms with Crippen LogP contribution in [-0.4, -0.2) is 5.91 Å². The smallest absolute Gasteiger partial charge is 0.248 e. The summed E-state index contributed by atoms with van der Waals surface area (Å²) in [5.74, 6) is -0.518. The quantitative estimate of drug-likeness (QED) is 0.904. The molecule has 0 bridgehead atoms. The zero-order chi connectivity index (χ0) is 15.4. The zero-order valence-electron chi connectivity index (χ0n) is 10.9. The number of amides is 1. The number of rotatable bonds is 4. The first-order valence-corrected chi connectivity index (χ1v) is 6.78. The van der Waals surface area contributed by atoms with Crippen molar-refractivity contribution in [2.75, 3.05) is 5.32 Å². The highest BCUT2D eigenvalue weighted by Crippen LogP contribution is 2.22. The van der Waals surface area contributed by atoms with Crippen molar-refractivity contribution in [1.29, 1.82) is 5.26 Å². The van der Waals surface area contributed by atoms with Gasteiger partial charge in [0, 0.05) is 22.8 Å². The SMILES string of the molecule is N#Cc1ccc(NCc2ccc(C(N)=O)cc2Cl)cc1Cl. The van der Waals surface area contributed by atoms with E-state index in [2.05, 4.69) is 5.32 Å². The second-order valence-electron chi connectivity index (χ2n) is 4.33. The Balaban J connectivity index is 2.11. The van der Waals surface area contributed by atoms with Crippen LogP contribution in [0, 0.1) is 11.3 Å². The lowest BCUT2D eigenvalue weighted by Gasteiger charge is -2.09. The summed E-state index contributed by atoms with van der Waals surface area (Å²) in [6.45, 7) is 0.458. The van der Waals surface area contributed by atoms with Gasteiger partial charge in [0.25, 0.3) is 0 Å². The molecule has 2 rings (SSSR count). The molecule has 2 aromatic carbocycles. The van der Waals surface area contributed by atoms with E-state index < -0.39 is 5.91 Å². The number of hydrogen-bond donors (Lipinski definition) is 2. The van der Waals surface area contributed by atoms with Gasteiger partial charge < -0.3 is 11.1 Å². The van der Waals surface area contributed by atoms with E-state index in [0.29, 0.717) is 27.7 Å². The van der Waals surface area contributed by atoms with Gasteiger partial charge in [0.05, 0.1) is 10.6 Å². The number of nitrogens with two attached hydrogens (primary N) is 1. The van der Waals surface area contributed by atoms with Gasteiger partial charge in [0.1, 0.15) is 6.07 Å². The maximum Gasteiger partial charge on any atom is 0.248 e. The summed E-state index contributed by atoms with van der Waals surface area (Å²) < 4.78 is 0. The van der Waals surface area contributed by atoms with E-state index in [4.69, 9.17) is 34.2 Å². The number of hydrogen-bond acceptors (Lipinski definition) is 3. The fraction of sp³-hybridized carbons (Fsp3) is 0.0667. The van der Waals surface area contributed by atoms with Crippen molar-refractivity contribution in [1.82, 2.24) is 0 Å². The van der Waals surface area contributed by atoms with Crippen LogP contribution in [0.25, 0.3) is 0 Å². The van der Waals surface area contributed by atoms with Gasteiger partial charge in [-0.05, 0) is 35.9 Å². The normalized spacial score (nSPS) is 9.95. The summed E-state index contributed by atoms with van der Waals surface area (Å²) in [7, 11) is 0. The van der Waals surface area contributed by atoms with Crippen LogP contribution in [0.15, 0.2) is 36.4 Å². The van der Waals surface area contributed by atoms with Crippen molar-refractivity contribution in [2.24, 2.45) is 5.73 Å². The lowest BCUT2D eigenvalue weighted by molar-refractivity contribution is 0.100. The highest BCUT2D eigenvalue weighted by Gasteiger charge is 2.06. The first-order chi connectivity index (χ1) is 10.0. The Hall–Kier alpha value is -2.22. The van der Waals surface area contributed by atoms with E-state index in [-0.39, 0.29) is 0 Å². The lowest BCUT2D eigenvalue weighted by atomic mass is 10.1. The van der Waals surface area contributed by atoms with Crippen molar-refractivity contribution in [3.8, 4) is 6.07 Å². The van der Waals surface area contributed by atoms with Crippen molar-refractivity contribution in [3.63, 3.8) is 0 Å². The number of carbonyl (C=O) groups excluding carboxylic acids is 1. The van der Waals surface area contributed by atoms with Crippen LogP contribution in [0.2, 0.25) is 10.0 Å². The van der Waals surface area contributed by atoms with Crippen LogP contribution in [0.5, 0.6) is 0 Å². The van der Waals surface area contributed by atoms with Crippen LogP contribution in [0.4, 0.5) is 5.69 Å². The topological polar surface area (TPSA) is 78.9 Å². The third-order valence-electron chi connectivity index (χ3n) is 2.91. The highest BCUT2D eigenvalue weighted by molar-refractivity contribution is 6.32. The summed E-state index contributed by atoms with van der Waals surface area (Å²) in [5, 5.41) is 12.8. The number of carbonyl (C=O) groups is 1. The Morgan fingerprint density at radius 3 is 2.52 bits per heavy atom. The van der Waals surface area contributed by atoms with Gasteiger partial charge in [-0.25, -0.2) is 0 Å². The molecule has 0 aliphatic carbocycles. The standard InChI is InChI=1S/C15H11Cl2N3O/c16-13-5-9(15(19)21)1-2-11(13)8-20-12-4-3-10(7-18)14(17)6-12/h1-6,20H,8H2,(H2,19,21). The molecule has 21 heavy (non-hydrogen) atoms. The van der Waals surface area contributed by atoms with Crippen LogP contribution in [-0.2, 0) is 6.54 Å². The van der Waals surface area contributed by atoms with Crippen LogP contribution in [0.3, 0.4) is 0 Å². The Bertz CT molecular complexity index is 738. The third-order valence-corrected chi connectivity index (χ3v) is 3.57. The zero-order valence-corrected chi connectivity index (χ0v) is 12.4. The summed E-state index contributed by atoms with van der Waals surface area (Å²) in [4.78, 5) is 11.0. The molecule has 0 aromatic heterocycles. The van der Waals surface area contributed by atoms with Gasteiger partial charge in [0.15, 0.2) is 0 Å². The largest absolute Gasteiger partial charge is 0.381 e. The molecular weight excluding hydrogens is 309 g/mol. The monoisotopic (exact) mass is 319 g/mol. The van der Waals surface area contributed by atoms with Crippen molar-refractivity contribution in [3.05, 3.63) is 63.1 Å². The predicted octanol–water partition coefficient (Wildman–Crippen LogP) is 3.58. The van der Waals surface area contributed by atoms with E-state index in [1.807, 2.05) is 6.07 Å². The Labute approximate surface area is 132 Å². The average Bonchev–Trinajstić information content (AvgIpc) is 2.46. The molecule has 0 aliphatic rings. The summed E-state index contributed by atoms with van der Waals surface area (Å²) in [6.07, 6.45) is 0. The molecule has 0 unspecified atom stereocenters. The number of nitrogens with one attached hydrogen (secondary N) is 1. The molecule has 0 atom stereocenters. The number of nitrogens with zero attached hydrogens (tertiary/aromatic N) is 1. The molecule has 106 valence electrons. The van der Waals surface area contributed by atoms with Crippen LogP contribution >= 0.6 is 23.2 Å². The number of nitriles is 1. The number of primary amides is 1. The maximum absolute atomic E-state index is 11.0. The molecule has 1 amide bonds. The van der Waals surface area contributed by atoms with E-state index in [1.165, 1.54) is 6.07 Å². The van der Waals surface area contributed by atoms with Gasteiger partial charge in [-0.3, -0.25) is 4.79 Å². The minimum absolute atomic E-state index is 0.366. The Morgan fingerprint density at radius 1 is 1.19 bits per heavy atom. The minimum atomic E-state index is -0.518. The van der Waals surface area contributed by atoms with E-state index >= 15 is 0 Å². The second kappa shape index (κ2) is 6.49. The van der Waals surface area contributed by atoms with E-state index in [9.17, 15) is 4.79 Å². The predicted molar refractivity (Wildman–Crippen MR) is 83.5 cm³/mol. The average molecular weight is 320 g/mol. The molecule has 0 aliphatic heterocycles. The molecule has 0 fully saturated rings. The fourth-order valence-corrected chi connectivity index (χ4v) is 2.23. The molecule has 0 radical (unpaired) electrons. The van der Waals surface area contributed by atoms with Gasteiger partial charge in [-0.2, -0.15) is 5.26 Å². The van der Waals surface area contributed by atoms with Gasteiger partial charge in [-0.1, -0.05) is 29.3 Å². The molecule has 6 heteroatoms. The number of halogens is 2. The number of anilines is 1. The molecule has 0 saturated heterocycles. The van der Waals surface area contributed by atoms with Crippen LogP contribution < -0.4 is 11.1 Å². The summed E-state index contributed by atoms with van der Waals surface area (Å²) in [5.41, 5.74) is 7.57. The summed E-state index contributed by atoms with van der Waals surface area (Å²) in [6, 6.07) is 12.0. The Kier molecular flexibility index (Phi) is 4.69. The molecule has 3 N–H and O–H groups in total. The van der Waals surface area contributed by atoms with Crippen LogP contribution in [0.1, 0.15) is 21.5 Å². The fourth-order valence-electron chi connectivity index (χ4n) is 1.76. The van der Waals surface area contributed by atoms with Gasteiger partial charge in [-0.15, -0.1) is 0 Å².